The number of hydrogen-bond donors (Lipinski definition) is 1. The molecule has 20 heavy (non-hydrogen) atoms. The van der Waals surface area contributed by atoms with Crippen molar-refractivity contribution in [3.05, 3.63) is 42.5 Å². The Balaban J connectivity index is 0.000001000. The van der Waals surface area contributed by atoms with E-state index in [1.54, 1.807) is 29.1 Å². The minimum atomic E-state index is -0.230. The van der Waals surface area contributed by atoms with Crippen LogP contribution in [0.5, 0.6) is 0 Å². The van der Waals surface area contributed by atoms with Gasteiger partial charge in [0.1, 0.15) is 5.82 Å². The molecule has 1 aromatic heterocycles. The summed E-state index contributed by atoms with van der Waals surface area (Å²) in [6.07, 6.45) is 3.51. The maximum Gasteiger partial charge on any atom is 0.210 e. The predicted octanol–water partition coefficient (Wildman–Crippen LogP) is 2.26. The second-order valence-electron chi connectivity index (χ2n) is 4.29. The number of imidazole rings is 1. The van der Waals surface area contributed by atoms with Crippen molar-refractivity contribution < 1.29 is 4.39 Å². The standard InChI is InChI=1S/C13H15FN4.2ClH/c14-11-3-1-2-4-12(11)18-10-7-16-13(18)17-8-5-15-6-9-17;;/h1-4,7,10,15H,5-6,8-9H2;2*1H. The molecular formula is C13H17Cl2FN4. The van der Waals surface area contributed by atoms with Gasteiger partial charge in [0.15, 0.2) is 0 Å². The molecule has 2 aromatic rings. The van der Waals surface area contributed by atoms with Gasteiger partial charge < -0.3 is 10.2 Å². The number of benzene rings is 1. The second kappa shape index (κ2) is 7.47. The Hall–Kier alpha value is -1.30. The zero-order valence-electron chi connectivity index (χ0n) is 10.8. The van der Waals surface area contributed by atoms with Crippen molar-refractivity contribution >= 4 is 30.8 Å². The first-order valence-electron chi connectivity index (χ1n) is 6.10. The lowest BCUT2D eigenvalue weighted by Gasteiger charge is -2.28. The molecule has 110 valence electrons. The van der Waals surface area contributed by atoms with Gasteiger partial charge in [0.25, 0.3) is 0 Å². The normalized spacial score (nSPS) is 14.3. The predicted molar refractivity (Wildman–Crippen MR) is 83.1 cm³/mol. The second-order valence-corrected chi connectivity index (χ2v) is 4.29. The number of rotatable bonds is 2. The van der Waals surface area contributed by atoms with E-state index in [2.05, 4.69) is 15.2 Å². The van der Waals surface area contributed by atoms with Gasteiger partial charge in [-0.3, -0.25) is 4.57 Å². The van der Waals surface area contributed by atoms with Gasteiger partial charge in [-0.15, -0.1) is 24.8 Å². The van der Waals surface area contributed by atoms with Crippen molar-refractivity contribution in [3.8, 4) is 5.69 Å². The topological polar surface area (TPSA) is 33.1 Å². The number of nitrogens with one attached hydrogen (secondary N) is 1. The summed E-state index contributed by atoms with van der Waals surface area (Å²) < 4.78 is 15.6. The summed E-state index contributed by atoms with van der Waals surface area (Å²) in [6.45, 7) is 3.66. The van der Waals surface area contributed by atoms with Crippen LogP contribution in [0.1, 0.15) is 0 Å². The van der Waals surface area contributed by atoms with Gasteiger partial charge in [-0.25, -0.2) is 9.37 Å². The Bertz CT molecular complexity index is 541. The van der Waals surface area contributed by atoms with E-state index >= 15 is 0 Å². The van der Waals surface area contributed by atoms with E-state index in [9.17, 15) is 4.39 Å². The molecule has 0 radical (unpaired) electrons. The van der Waals surface area contributed by atoms with E-state index in [0.717, 1.165) is 32.1 Å². The first kappa shape index (κ1) is 16.8. The van der Waals surface area contributed by atoms with Crippen molar-refractivity contribution in [2.45, 2.75) is 0 Å². The third-order valence-corrected chi connectivity index (χ3v) is 3.13. The minimum absolute atomic E-state index is 0. The van der Waals surface area contributed by atoms with Crippen LogP contribution in [0.25, 0.3) is 5.69 Å². The van der Waals surface area contributed by atoms with Crippen molar-refractivity contribution in [1.82, 2.24) is 14.9 Å². The Morgan fingerprint density at radius 1 is 1.10 bits per heavy atom. The van der Waals surface area contributed by atoms with E-state index in [0.29, 0.717) is 5.69 Å². The fourth-order valence-electron chi connectivity index (χ4n) is 2.23. The number of anilines is 1. The highest BCUT2D eigenvalue weighted by Gasteiger charge is 2.17. The monoisotopic (exact) mass is 318 g/mol. The molecule has 7 heteroatoms. The zero-order valence-corrected chi connectivity index (χ0v) is 12.5. The molecule has 0 atom stereocenters. The summed E-state index contributed by atoms with van der Waals surface area (Å²) in [5.74, 6) is 0.577. The van der Waals surface area contributed by atoms with Crippen LogP contribution < -0.4 is 10.2 Å². The van der Waals surface area contributed by atoms with E-state index < -0.39 is 0 Å². The Morgan fingerprint density at radius 3 is 2.50 bits per heavy atom. The number of piperazine rings is 1. The number of hydrogen-bond acceptors (Lipinski definition) is 3. The van der Waals surface area contributed by atoms with Gasteiger partial charge in [-0.05, 0) is 12.1 Å². The average Bonchev–Trinajstić information content (AvgIpc) is 2.89. The van der Waals surface area contributed by atoms with E-state index in [1.807, 2.05) is 6.07 Å². The van der Waals surface area contributed by atoms with Gasteiger partial charge in [0.05, 0.1) is 5.69 Å². The lowest BCUT2D eigenvalue weighted by Crippen LogP contribution is -2.44. The quantitative estimate of drug-likeness (QED) is 0.922. The molecule has 0 bridgehead atoms. The number of aromatic nitrogens is 2. The van der Waals surface area contributed by atoms with Crippen LogP contribution in [0.3, 0.4) is 0 Å². The fourth-order valence-corrected chi connectivity index (χ4v) is 2.23. The van der Waals surface area contributed by atoms with Gasteiger partial charge in [-0.2, -0.15) is 0 Å². The number of nitrogens with zero attached hydrogens (tertiary/aromatic N) is 3. The maximum absolute atomic E-state index is 13.8. The highest BCUT2D eigenvalue weighted by Crippen LogP contribution is 2.20. The van der Waals surface area contributed by atoms with Crippen LogP contribution >= 0.6 is 24.8 Å². The third kappa shape index (κ3) is 3.23. The molecular weight excluding hydrogens is 302 g/mol. The summed E-state index contributed by atoms with van der Waals surface area (Å²) in [4.78, 5) is 6.52. The highest BCUT2D eigenvalue weighted by molar-refractivity contribution is 5.85. The molecule has 0 amide bonds. The lowest BCUT2D eigenvalue weighted by atomic mass is 10.3. The van der Waals surface area contributed by atoms with E-state index in [1.165, 1.54) is 6.07 Å². The summed E-state index contributed by atoms with van der Waals surface area (Å²) in [6, 6.07) is 6.76. The highest BCUT2D eigenvalue weighted by atomic mass is 35.5. The molecule has 0 unspecified atom stereocenters. The van der Waals surface area contributed by atoms with Crippen LogP contribution in [0.15, 0.2) is 36.7 Å². The summed E-state index contributed by atoms with van der Waals surface area (Å²) in [5, 5.41) is 3.29. The summed E-state index contributed by atoms with van der Waals surface area (Å²) in [5.41, 5.74) is 0.545. The molecule has 0 saturated carbocycles. The minimum Gasteiger partial charge on any atom is -0.339 e. The van der Waals surface area contributed by atoms with Gasteiger partial charge in [0.2, 0.25) is 5.95 Å². The van der Waals surface area contributed by atoms with Crippen LogP contribution in [0.4, 0.5) is 10.3 Å². The van der Waals surface area contributed by atoms with Gasteiger partial charge in [0, 0.05) is 38.6 Å². The molecule has 1 N–H and O–H groups in total. The first-order valence-corrected chi connectivity index (χ1v) is 6.10. The largest absolute Gasteiger partial charge is 0.339 e. The maximum atomic E-state index is 13.8. The summed E-state index contributed by atoms with van der Waals surface area (Å²) >= 11 is 0. The number of halogens is 3. The van der Waals surface area contributed by atoms with Crippen LogP contribution in [0, 0.1) is 5.82 Å². The fraction of sp³-hybridized carbons (Fsp3) is 0.308. The molecule has 4 nitrogen and oxygen atoms in total. The van der Waals surface area contributed by atoms with Crippen LogP contribution in [-0.4, -0.2) is 35.7 Å². The molecule has 2 heterocycles. The van der Waals surface area contributed by atoms with Crippen molar-refractivity contribution in [3.63, 3.8) is 0 Å². The van der Waals surface area contributed by atoms with Crippen molar-refractivity contribution in [1.29, 1.82) is 0 Å². The molecule has 3 rings (SSSR count). The number of para-hydroxylation sites is 1. The van der Waals surface area contributed by atoms with Crippen LogP contribution in [-0.2, 0) is 0 Å². The molecule has 1 saturated heterocycles. The van der Waals surface area contributed by atoms with Crippen LogP contribution in [0.2, 0.25) is 0 Å². The van der Waals surface area contributed by atoms with Gasteiger partial charge >= 0.3 is 0 Å². The SMILES string of the molecule is Cl.Cl.Fc1ccccc1-n1ccnc1N1CCNCC1. The van der Waals surface area contributed by atoms with Gasteiger partial charge in [-0.1, -0.05) is 12.1 Å². The molecule has 1 fully saturated rings. The smallest absolute Gasteiger partial charge is 0.210 e. The Kier molecular flexibility index (Phi) is 6.26. The Labute approximate surface area is 129 Å². The Morgan fingerprint density at radius 2 is 1.80 bits per heavy atom. The molecule has 0 spiro atoms. The first-order chi connectivity index (χ1) is 8.86. The van der Waals surface area contributed by atoms with Crippen molar-refractivity contribution in [2.75, 3.05) is 31.1 Å². The average molecular weight is 319 g/mol. The van der Waals surface area contributed by atoms with E-state index in [-0.39, 0.29) is 30.6 Å². The van der Waals surface area contributed by atoms with Crippen molar-refractivity contribution in [2.24, 2.45) is 0 Å². The molecule has 1 aliphatic heterocycles. The molecule has 0 aliphatic carbocycles. The zero-order chi connectivity index (χ0) is 12.4. The summed E-state index contributed by atoms with van der Waals surface area (Å²) in [7, 11) is 0. The third-order valence-electron chi connectivity index (χ3n) is 3.13. The van der Waals surface area contributed by atoms with E-state index in [4.69, 9.17) is 0 Å². The molecule has 1 aromatic carbocycles. The molecule has 1 aliphatic rings. The lowest BCUT2D eigenvalue weighted by molar-refractivity contribution is 0.574.